The summed E-state index contributed by atoms with van der Waals surface area (Å²) in [5.74, 6) is 6.36. The van der Waals surface area contributed by atoms with Gasteiger partial charge in [0.05, 0.1) is 12.7 Å². The van der Waals surface area contributed by atoms with Gasteiger partial charge in [0.15, 0.2) is 6.61 Å². The lowest BCUT2D eigenvalue weighted by Crippen LogP contribution is -2.05. The topological polar surface area (TPSA) is 35.5 Å². The number of hydrogen-bond acceptors (Lipinski definition) is 3. The molecule has 1 rings (SSSR count). The van der Waals surface area contributed by atoms with Crippen LogP contribution in [0.1, 0.15) is 75.1 Å². The average molecular weight is 330 g/mol. The second kappa shape index (κ2) is 13.5. The Morgan fingerprint density at radius 1 is 0.917 bits per heavy atom. The first-order valence-electron chi connectivity index (χ1n) is 9.04. The monoisotopic (exact) mass is 330 g/mol. The van der Waals surface area contributed by atoms with Gasteiger partial charge in [-0.25, -0.2) is 4.79 Å². The summed E-state index contributed by atoms with van der Waals surface area (Å²) in [4.78, 5) is 11.8. The molecule has 0 bridgehead atoms. The summed E-state index contributed by atoms with van der Waals surface area (Å²) in [5, 5.41) is 0. The molecule has 0 aliphatic heterocycles. The Morgan fingerprint density at radius 2 is 1.54 bits per heavy atom. The summed E-state index contributed by atoms with van der Waals surface area (Å²) in [6.07, 6.45) is 11.3. The van der Waals surface area contributed by atoms with Crippen LogP contribution in [0.5, 0.6) is 5.75 Å². The van der Waals surface area contributed by atoms with Gasteiger partial charge in [-0.05, 0) is 30.7 Å². The van der Waals surface area contributed by atoms with Gasteiger partial charge < -0.3 is 9.47 Å². The highest BCUT2D eigenvalue weighted by molar-refractivity contribution is 5.89. The molecule has 0 fully saturated rings. The molecule has 24 heavy (non-hydrogen) atoms. The number of rotatable bonds is 11. The molecule has 0 aromatic heterocycles. The van der Waals surface area contributed by atoms with Gasteiger partial charge >= 0.3 is 5.97 Å². The van der Waals surface area contributed by atoms with Gasteiger partial charge in [0.2, 0.25) is 0 Å². The molecule has 0 N–H and O–H groups in total. The van der Waals surface area contributed by atoms with Crippen LogP contribution in [-0.2, 0) is 4.74 Å². The molecule has 1 aromatic rings. The lowest BCUT2D eigenvalue weighted by atomic mass is 10.1. The summed E-state index contributed by atoms with van der Waals surface area (Å²) in [6, 6.07) is 6.86. The highest BCUT2D eigenvalue weighted by Crippen LogP contribution is 2.12. The molecule has 0 aliphatic rings. The maximum absolute atomic E-state index is 11.8. The molecule has 0 heterocycles. The van der Waals surface area contributed by atoms with E-state index in [0.29, 0.717) is 5.56 Å². The summed E-state index contributed by atoms with van der Waals surface area (Å²) in [5.41, 5.74) is 0.515. The van der Waals surface area contributed by atoms with Crippen molar-refractivity contribution < 1.29 is 14.3 Å². The molecular formula is C21H30O3. The molecule has 3 nitrogen and oxygen atoms in total. The van der Waals surface area contributed by atoms with Crippen molar-refractivity contribution >= 4 is 5.97 Å². The van der Waals surface area contributed by atoms with Crippen molar-refractivity contribution in [1.29, 1.82) is 0 Å². The lowest BCUT2D eigenvalue weighted by Gasteiger charge is -2.02. The fourth-order valence-corrected chi connectivity index (χ4v) is 2.40. The van der Waals surface area contributed by atoms with Crippen LogP contribution in [0.2, 0.25) is 0 Å². The Morgan fingerprint density at radius 3 is 2.17 bits per heavy atom. The molecule has 0 radical (unpaired) electrons. The van der Waals surface area contributed by atoms with Gasteiger partial charge in [-0.15, -0.1) is 0 Å². The van der Waals surface area contributed by atoms with E-state index in [0.717, 1.165) is 18.6 Å². The Hall–Kier alpha value is -1.95. The van der Waals surface area contributed by atoms with Gasteiger partial charge in [0.25, 0.3) is 0 Å². The summed E-state index contributed by atoms with van der Waals surface area (Å²) < 4.78 is 10.2. The summed E-state index contributed by atoms with van der Waals surface area (Å²) in [7, 11) is 1.59. The zero-order chi connectivity index (χ0) is 17.5. The van der Waals surface area contributed by atoms with E-state index >= 15 is 0 Å². The number of methoxy groups -OCH3 is 1. The Balaban J connectivity index is 2.04. The van der Waals surface area contributed by atoms with Gasteiger partial charge in [-0.1, -0.05) is 63.7 Å². The third-order valence-corrected chi connectivity index (χ3v) is 3.88. The van der Waals surface area contributed by atoms with Crippen LogP contribution >= 0.6 is 0 Å². The number of unbranched alkanes of at least 4 members (excludes halogenated alkanes) is 8. The third kappa shape index (κ3) is 9.25. The smallest absolute Gasteiger partial charge is 0.339 e. The third-order valence-electron chi connectivity index (χ3n) is 3.88. The van der Waals surface area contributed by atoms with Crippen LogP contribution in [0.4, 0.5) is 0 Å². The number of carbonyl (C=O) groups is 1. The van der Waals surface area contributed by atoms with E-state index in [1.54, 1.807) is 31.4 Å². The second-order valence-electron chi connectivity index (χ2n) is 5.88. The molecule has 0 saturated carbocycles. The molecular weight excluding hydrogens is 300 g/mol. The van der Waals surface area contributed by atoms with Gasteiger partial charge in [0, 0.05) is 6.42 Å². The van der Waals surface area contributed by atoms with E-state index in [1.165, 1.54) is 44.9 Å². The predicted molar refractivity (Wildman–Crippen MR) is 98.3 cm³/mol. The van der Waals surface area contributed by atoms with Crippen molar-refractivity contribution in [2.45, 2.75) is 64.7 Å². The van der Waals surface area contributed by atoms with Gasteiger partial charge in [0.1, 0.15) is 5.75 Å². The second-order valence-corrected chi connectivity index (χ2v) is 5.88. The van der Waals surface area contributed by atoms with Crippen LogP contribution < -0.4 is 4.74 Å². The van der Waals surface area contributed by atoms with Crippen LogP contribution in [0.3, 0.4) is 0 Å². The predicted octanol–water partition coefficient (Wildman–Crippen LogP) is 5.39. The normalized spacial score (nSPS) is 9.92. The van der Waals surface area contributed by atoms with E-state index < -0.39 is 0 Å². The molecule has 0 amide bonds. The first-order chi connectivity index (χ1) is 11.8. The fraction of sp³-hybridized carbons (Fsp3) is 0.571. The van der Waals surface area contributed by atoms with E-state index in [1.807, 2.05) is 0 Å². The van der Waals surface area contributed by atoms with E-state index in [2.05, 4.69) is 18.8 Å². The number of hydrogen-bond donors (Lipinski definition) is 0. The van der Waals surface area contributed by atoms with Crippen molar-refractivity contribution in [3.05, 3.63) is 29.8 Å². The van der Waals surface area contributed by atoms with Gasteiger partial charge in [-0.2, -0.15) is 0 Å². The van der Waals surface area contributed by atoms with Crippen LogP contribution in [0.25, 0.3) is 0 Å². The Bertz CT molecular complexity index is 508. The first kappa shape index (κ1) is 20.1. The van der Waals surface area contributed by atoms with Crippen molar-refractivity contribution in [2.75, 3.05) is 13.7 Å². The first-order valence-corrected chi connectivity index (χ1v) is 9.04. The fourth-order valence-electron chi connectivity index (χ4n) is 2.40. The zero-order valence-electron chi connectivity index (χ0n) is 15.1. The highest BCUT2D eigenvalue weighted by Gasteiger charge is 2.05. The maximum Gasteiger partial charge on any atom is 0.339 e. The molecule has 1 aromatic carbocycles. The molecule has 0 spiro atoms. The zero-order valence-corrected chi connectivity index (χ0v) is 15.1. The Kier molecular flexibility index (Phi) is 11.3. The SMILES string of the molecule is CCCCCCCCCCC#CCOC(=O)c1ccc(OC)cc1. The molecule has 0 aliphatic carbocycles. The highest BCUT2D eigenvalue weighted by atomic mass is 16.5. The molecule has 0 atom stereocenters. The standard InChI is InChI=1S/C21H30O3/c1-3-4-5-6-7-8-9-10-11-12-13-18-24-21(22)19-14-16-20(23-2)17-15-19/h14-17H,3-11,18H2,1-2H3. The van der Waals surface area contributed by atoms with Crippen LogP contribution in [-0.4, -0.2) is 19.7 Å². The molecule has 132 valence electrons. The van der Waals surface area contributed by atoms with E-state index in [-0.39, 0.29) is 12.6 Å². The van der Waals surface area contributed by atoms with Crippen molar-refractivity contribution in [3.8, 4) is 17.6 Å². The quantitative estimate of drug-likeness (QED) is 0.310. The van der Waals surface area contributed by atoms with Crippen molar-refractivity contribution in [2.24, 2.45) is 0 Å². The van der Waals surface area contributed by atoms with E-state index in [4.69, 9.17) is 9.47 Å². The summed E-state index contributed by atoms with van der Waals surface area (Å²) in [6.45, 7) is 2.40. The van der Waals surface area contributed by atoms with Gasteiger partial charge in [-0.3, -0.25) is 0 Å². The molecule has 0 saturated heterocycles. The largest absolute Gasteiger partial charge is 0.497 e. The lowest BCUT2D eigenvalue weighted by molar-refractivity contribution is 0.0556. The minimum atomic E-state index is -0.348. The Labute approximate surface area is 146 Å². The van der Waals surface area contributed by atoms with Crippen LogP contribution in [0, 0.1) is 11.8 Å². The van der Waals surface area contributed by atoms with Crippen molar-refractivity contribution in [3.63, 3.8) is 0 Å². The number of benzene rings is 1. The number of esters is 1. The minimum absolute atomic E-state index is 0.155. The van der Waals surface area contributed by atoms with Crippen LogP contribution in [0.15, 0.2) is 24.3 Å². The number of carbonyl (C=O) groups excluding carboxylic acids is 1. The maximum atomic E-state index is 11.8. The van der Waals surface area contributed by atoms with Crippen molar-refractivity contribution in [1.82, 2.24) is 0 Å². The van der Waals surface area contributed by atoms with E-state index in [9.17, 15) is 4.79 Å². The summed E-state index contributed by atoms with van der Waals surface area (Å²) >= 11 is 0. The molecule has 0 unspecified atom stereocenters. The minimum Gasteiger partial charge on any atom is -0.497 e. The average Bonchev–Trinajstić information content (AvgIpc) is 2.62. The number of ether oxygens (including phenoxy) is 2. The molecule has 3 heteroatoms.